The summed E-state index contributed by atoms with van der Waals surface area (Å²) in [6.07, 6.45) is 37.3. The lowest BCUT2D eigenvalue weighted by molar-refractivity contribution is -0.169. The number of amides is 1. The van der Waals surface area contributed by atoms with Crippen LogP contribution in [0.4, 0.5) is 0 Å². The van der Waals surface area contributed by atoms with Crippen molar-refractivity contribution in [3.05, 3.63) is 12.2 Å². The highest BCUT2D eigenvalue weighted by atomic mass is 28.4. The molecule has 0 unspecified atom stereocenters. The van der Waals surface area contributed by atoms with Gasteiger partial charge in [-0.25, -0.2) is 0 Å². The van der Waals surface area contributed by atoms with E-state index in [2.05, 4.69) is 53.0 Å². The van der Waals surface area contributed by atoms with E-state index >= 15 is 0 Å². The molecular formula is C47H91NO6Si. The van der Waals surface area contributed by atoms with Crippen LogP contribution in [-0.4, -0.2) is 50.0 Å². The lowest BCUT2D eigenvalue weighted by Crippen LogP contribution is -2.52. The van der Waals surface area contributed by atoms with Gasteiger partial charge in [0.1, 0.15) is 6.10 Å². The number of esters is 1. The molecule has 0 fully saturated rings. The van der Waals surface area contributed by atoms with Crippen molar-refractivity contribution < 1.29 is 28.7 Å². The zero-order chi connectivity index (χ0) is 41.4. The largest absolute Gasteiger partial charge is 0.480 e. The molecule has 0 bridgehead atoms. The molecule has 0 aromatic rings. The van der Waals surface area contributed by atoms with Gasteiger partial charge in [0.2, 0.25) is 5.91 Å². The average Bonchev–Trinajstić information content (AvgIpc) is 3.12. The standard InChI is InChI=1S/C47H91NO6Si/c1-10-12-14-16-18-20-22-24-25-27-29-31-33-35-37-39-43(49)48-41(40-53-55(8,9)46(3,4)5)42(54-45(52)47(6,7)44(50)51)38-36-34-32-30-28-26-23-21-19-17-15-13-11-2/h36,38,41-42H,10-35,37,39-40H2,1-9H3,(H,48,49)(H,50,51)/b38-36+/t41-,42+/m0/s1. The third-order valence-corrected chi connectivity index (χ3v) is 16.3. The van der Waals surface area contributed by atoms with Crippen molar-refractivity contribution >= 4 is 26.2 Å². The van der Waals surface area contributed by atoms with E-state index in [0.717, 1.165) is 38.5 Å². The first kappa shape index (κ1) is 53.3. The van der Waals surface area contributed by atoms with Gasteiger partial charge in [0, 0.05) is 6.42 Å². The topological polar surface area (TPSA) is 102 Å². The number of carbonyl (C=O) groups is 3. The second-order valence-corrected chi connectivity index (χ2v) is 23.3. The van der Waals surface area contributed by atoms with E-state index in [4.69, 9.17) is 9.16 Å². The molecule has 0 saturated heterocycles. The van der Waals surface area contributed by atoms with Crippen LogP contribution in [0.1, 0.15) is 228 Å². The molecule has 8 heteroatoms. The van der Waals surface area contributed by atoms with Gasteiger partial charge in [0.05, 0.1) is 12.6 Å². The number of carbonyl (C=O) groups excluding carboxylic acids is 2. The molecule has 0 aliphatic heterocycles. The first-order valence-corrected chi connectivity index (χ1v) is 26.0. The fraction of sp³-hybridized carbons (Fsp3) is 0.894. The molecule has 0 radical (unpaired) electrons. The Balaban J connectivity index is 5.19. The molecular weight excluding hydrogens is 703 g/mol. The van der Waals surface area contributed by atoms with E-state index in [-0.39, 0.29) is 17.6 Å². The van der Waals surface area contributed by atoms with Crippen LogP contribution < -0.4 is 5.32 Å². The smallest absolute Gasteiger partial charge is 0.323 e. The highest BCUT2D eigenvalue weighted by Crippen LogP contribution is 2.36. The van der Waals surface area contributed by atoms with Crippen molar-refractivity contribution in [3.8, 4) is 0 Å². The van der Waals surface area contributed by atoms with Gasteiger partial charge in [-0.1, -0.05) is 195 Å². The summed E-state index contributed by atoms with van der Waals surface area (Å²) in [6, 6.07) is -0.625. The number of carboxylic acid groups (broad SMARTS) is 1. The lowest BCUT2D eigenvalue weighted by Gasteiger charge is -2.38. The Hall–Kier alpha value is -1.67. The molecule has 0 aromatic carbocycles. The Labute approximate surface area is 341 Å². The van der Waals surface area contributed by atoms with Crippen LogP contribution >= 0.6 is 0 Å². The van der Waals surface area contributed by atoms with Crippen LogP contribution in [0.5, 0.6) is 0 Å². The molecule has 55 heavy (non-hydrogen) atoms. The number of rotatable bonds is 37. The predicted molar refractivity (Wildman–Crippen MR) is 236 cm³/mol. The van der Waals surface area contributed by atoms with Gasteiger partial charge < -0.3 is 19.6 Å². The predicted octanol–water partition coefficient (Wildman–Crippen LogP) is 14.0. The zero-order valence-electron chi connectivity index (χ0n) is 37.8. The lowest BCUT2D eigenvalue weighted by atomic mass is 9.94. The van der Waals surface area contributed by atoms with Crippen LogP contribution in [-0.2, 0) is 23.5 Å². The number of unbranched alkanes of at least 4 members (excludes halogenated alkanes) is 25. The quantitative estimate of drug-likeness (QED) is 0.0213. The molecule has 0 spiro atoms. The number of ether oxygens (including phenoxy) is 1. The second kappa shape index (κ2) is 32.3. The van der Waals surface area contributed by atoms with E-state index in [9.17, 15) is 19.5 Å². The van der Waals surface area contributed by atoms with Crippen molar-refractivity contribution in [2.24, 2.45) is 5.41 Å². The molecule has 324 valence electrons. The van der Waals surface area contributed by atoms with E-state index in [1.54, 1.807) is 0 Å². The Morgan fingerprint density at radius 1 is 0.618 bits per heavy atom. The fourth-order valence-electron chi connectivity index (χ4n) is 6.44. The summed E-state index contributed by atoms with van der Waals surface area (Å²) in [5.41, 5.74) is -1.72. The molecule has 2 atom stereocenters. The summed E-state index contributed by atoms with van der Waals surface area (Å²) in [5.74, 6) is -2.15. The minimum atomic E-state index is -2.20. The van der Waals surface area contributed by atoms with Crippen LogP contribution in [0.15, 0.2) is 12.2 Å². The average molecular weight is 794 g/mol. The summed E-state index contributed by atoms with van der Waals surface area (Å²) < 4.78 is 12.5. The van der Waals surface area contributed by atoms with Crippen molar-refractivity contribution in [2.45, 2.75) is 259 Å². The van der Waals surface area contributed by atoms with Gasteiger partial charge in [-0.3, -0.25) is 14.4 Å². The maximum Gasteiger partial charge on any atom is 0.323 e. The molecule has 0 saturated carbocycles. The van der Waals surface area contributed by atoms with Crippen LogP contribution in [0.2, 0.25) is 18.1 Å². The SMILES string of the molecule is CCCCCCCCCCCCC/C=C/[C@@H](OC(=O)C(C)(C)C(=O)O)[C@H](CO[Si](C)(C)C(C)(C)C)NC(=O)CCCCCCCCCCCCCCCCC. The number of hydrogen-bond acceptors (Lipinski definition) is 5. The molecule has 2 N–H and O–H groups in total. The number of carboxylic acids is 1. The Bertz CT molecular complexity index is 1000. The Kier molecular flexibility index (Phi) is 31.3. The number of hydrogen-bond donors (Lipinski definition) is 2. The van der Waals surface area contributed by atoms with Gasteiger partial charge in [-0.2, -0.15) is 0 Å². The maximum absolute atomic E-state index is 13.4. The molecule has 0 aliphatic rings. The molecule has 7 nitrogen and oxygen atoms in total. The maximum atomic E-state index is 13.4. The molecule has 0 rings (SSSR count). The van der Waals surface area contributed by atoms with Crippen molar-refractivity contribution in [1.82, 2.24) is 5.32 Å². The van der Waals surface area contributed by atoms with Gasteiger partial charge in [0.25, 0.3) is 0 Å². The summed E-state index contributed by atoms with van der Waals surface area (Å²) in [7, 11) is -2.20. The first-order valence-electron chi connectivity index (χ1n) is 23.1. The number of allylic oxidation sites excluding steroid dienone is 1. The summed E-state index contributed by atoms with van der Waals surface area (Å²) in [6.45, 7) is 18.3. The van der Waals surface area contributed by atoms with E-state index < -0.39 is 37.8 Å². The molecule has 0 aliphatic carbocycles. The van der Waals surface area contributed by atoms with Gasteiger partial charge in [-0.05, 0) is 57.3 Å². The van der Waals surface area contributed by atoms with Gasteiger partial charge in [-0.15, -0.1) is 0 Å². The van der Waals surface area contributed by atoms with Crippen molar-refractivity contribution in [2.75, 3.05) is 6.61 Å². The van der Waals surface area contributed by atoms with Crippen LogP contribution in [0.25, 0.3) is 0 Å². The number of nitrogens with one attached hydrogen (secondary N) is 1. The molecule has 0 aromatic heterocycles. The third kappa shape index (κ3) is 27.6. The third-order valence-electron chi connectivity index (χ3n) is 11.8. The molecule has 0 heterocycles. The van der Waals surface area contributed by atoms with Gasteiger partial charge >= 0.3 is 11.9 Å². The van der Waals surface area contributed by atoms with Crippen molar-refractivity contribution in [3.63, 3.8) is 0 Å². The minimum Gasteiger partial charge on any atom is -0.480 e. The highest BCUT2D eigenvalue weighted by molar-refractivity contribution is 6.74. The zero-order valence-corrected chi connectivity index (χ0v) is 38.8. The van der Waals surface area contributed by atoms with Gasteiger partial charge in [0.15, 0.2) is 13.7 Å². The second-order valence-electron chi connectivity index (χ2n) is 18.5. The van der Waals surface area contributed by atoms with E-state index in [0.29, 0.717) is 6.42 Å². The Morgan fingerprint density at radius 2 is 1.00 bits per heavy atom. The Morgan fingerprint density at radius 3 is 1.38 bits per heavy atom. The van der Waals surface area contributed by atoms with E-state index in [1.165, 1.54) is 149 Å². The van der Waals surface area contributed by atoms with Crippen molar-refractivity contribution in [1.29, 1.82) is 0 Å². The first-order chi connectivity index (χ1) is 26.1. The van der Waals surface area contributed by atoms with Crippen LogP contribution in [0, 0.1) is 5.41 Å². The summed E-state index contributed by atoms with van der Waals surface area (Å²) >= 11 is 0. The number of aliphatic carboxylic acids is 1. The van der Waals surface area contributed by atoms with Crippen LogP contribution in [0.3, 0.4) is 0 Å². The highest BCUT2D eigenvalue weighted by Gasteiger charge is 2.42. The minimum absolute atomic E-state index is 0.0438. The van der Waals surface area contributed by atoms with E-state index in [1.807, 2.05) is 12.2 Å². The summed E-state index contributed by atoms with van der Waals surface area (Å²) in [4.78, 5) is 38.6. The fourth-order valence-corrected chi connectivity index (χ4v) is 7.47. The monoisotopic (exact) mass is 794 g/mol. The molecule has 1 amide bonds. The summed E-state index contributed by atoms with van der Waals surface area (Å²) in [5, 5.41) is 12.9. The normalized spacial score (nSPS) is 13.6.